The van der Waals surface area contributed by atoms with Crippen LogP contribution in [0.1, 0.15) is 6.92 Å². The lowest BCUT2D eigenvalue weighted by molar-refractivity contribution is -0.123. The first-order valence-electron chi connectivity index (χ1n) is 3.97. The monoisotopic (exact) mass is 180 g/mol. The number of ether oxygens (including phenoxy) is 2. The van der Waals surface area contributed by atoms with E-state index in [1.54, 1.807) is 6.92 Å². The Balaban J connectivity index is 2.45. The van der Waals surface area contributed by atoms with Gasteiger partial charge in [0.25, 0.3) is 0 Å². The summed E-state index contributed by atoms with van der Waals surface area (Å²) in [6.45, 7) is 2.23. The number of rotatable bonds is 0. The van der Waals surface area contributed by atoms with Gasteiger partial charge in [0.2, 0.25) is 23.1 Å². The lowest BCUT2D eigenvalue weighted by Gasteiger charge is -2.22. The van der Waals surface area contributed by atoms with Gasteiger partial charge >= 0.3 is 0 Å². The second-order valence-electron chi connectivity index (χ2n) is 2.88. The van der Waals surface area contributed by atoms with E-state index in [4.69, 9.17) is 9.47 Å². The number of carbonyl (C=O) groups is 2. The molecule has 2 rings (SSSR count). The summed E-state index contributed by atoms with van der Waals surface area (Å²) in [7, 11) is 0. The largest absolute Gasteiger partial charge is 0.483 e. The van der Waals surface area contributed by atoms with Crippen LogP contribution < -0.4 is 0 Å². The minimum Gasteiger partial charge on any atom is -0.483 e. The Morgan fingerprint density at radius 3 is 2.46 bits per heavy atom. The van der Waals surface area contributed by atoms with Gasteiger partial charge in [-0.3, -0.25) is 9.59 Å². The van der Waals surface area contributed by atoms with Crippen LogP contribution in [0, 0.1) is 0 Å². The summed E-state index contributed by atoms with van der Waals surface area (Å²) >= 11 is 0. The molecular weight excluding hydrogens is 172 g/mol. The van der Waals surface area contributed by atoms with Crippen molar-refractivity contribution in [1.82, 2.24) is 0 Å². The highest BCUT2D eigenvalue weighted by atomic mass is 16.6. The maximum Gasteiger partial charge on any atom is 0.227 e. The van der Waals surface area contributed by atoms with Crippen molar-refractivity contribution < 1.29 is 19.1 Å². The predicted octanol–water partition coefficient (Wildman–Crippen LogP) is 0.343. The maximum absolute atomic E-state index is 11.4. The summed E-state index contributed by atoms with van der Waals surface area (Å²) in [5, 5.41) is 0. The summed E-state index contributed by atoms with van der Waals surface area (Å²) in [5.74, 6) is -0.417. The molecule has 0 N–H and O–H groups in total. The zero-order chi connectivity index (χ0) is 9.42. The number of ketones is 2. The average molecular weight is 180 g/mol. The van der Waals surface area contributed by atoms with Crippen molar-refractivity contribution >= 4 is 11.6 Å². The van der Waals surface area contributed by atoms with Gasteiger partial charge in [-0.1, -0.05) is 0 Å². The highest BCUT2D eigenvalue weighted by Crippen LogP contribution is 2.23. The SMILES string of the molecule is CC1=CC(=O)C2=C(OCCO2)C1=O. The van der Waals surface area contributed by atoms with E-state index >= 15 is 0 Å². The second-order valence-corrected chi connectivity index (χ2v) is 2.88. The lowest BCUT2D eigenvalue weighted by Crippen LogP contribution is -2.27. The predicted molar refractivity (Wildman–Crippen MR) is 42.7 cm³/mol. The Bertz CT molecular complexity index is 349. The van der Waals surface area contributed by atoms with Crippen LogP contribution in [0.5, 0.6) is 0 Å². The van der Waals surface area contributed by atoms with E-state index in [0.717, 1.165) is 0 Å². The summed E-state index contributed by atoms with van der Waals surface area (Å²) in [5.41, 5.74) is 0.397. The van der Waals surface area contributed by atoms with Crippen LogP contribution in [-0.2, 0) is 19.1 Å². The molecule has 0 aromatic carbocycles. The van der Waals surface area contributed by atoms with Crippen molar-refractivity contribution in [2.75, 3.05) is 13.2 Å². The van der Waals surface area contributed by atoms with Gasteiger partial charge in [0.05, 0.1) is 0 Å². The number of hydrogen-bond acceptors (Lipinski definition) is 4. The third-order valence-corrected chi connectivity index (χ3v) is 1.92. The van der Waals surface area contributed by atoms with Crippen LogP contribution >= 0.6 is 0 Å². The molecule has 0 bridgehead atoms. The smallest absolute Gasteiger partial charge is 0.227 e. The standard InChI is InChI=1S/C9H8O4/c1-5-4-6(10)8-9(7(5)11)13-3-2-12-8/h4H,2-3H2,1H3. The third-order valence-electron chi connectivity index (χ3n) is 1.92. The van der Waals surface area contributed by atoms with E-state index in [-0.39, 0.29) is 23.1 Å². The minimum atomic E-state index is -0.285. The molecule has 1 aliphatic carbocycles. The van der Waals surface area contributed by atoms with Gasteiger partial charge in [-0.2, -0.15) is 0 Å². The molecule has 4 heteroatoms. The molecule has 2 aliphatic rings. The molecule has 0 aromatic rings. The molecule has 0 aromatic heterocycles. The zero-order valence-electron chi connectivity index (χ0n) is 7.12. The Morgan fingerprint density at radius 2 is 1.77 bits per heavy atom. The molecule has 13 heavy (non-hydrogen) atoms. The summed E-state index contributed by atoms with van der Waals surface area (Å²) < 4.78 is 10.1. The molecule has 1 aliphatic heterocycles. The van der Waals surface area contributed by atoms with E-state index in [2.05, 4.69) is 0 Å². The molecule has 0 saturated heterocycles. The van der Waals surface area contributed by atoms with E-state index in [0.29, 0.717) is 18.8 Å². The number of hydrogen-bond donors (Lipinski definition) is 0. The molecule has 0 atom stereocenters. The maximum atomic E-state index is 11.4. The van der Waals surface area contributed by atoms with Gasteiger partial charge in [0.15, 0.2) is 0 Å². The van der Waals surface area contributed by atoms with Crippen molar-refractivity contribution in [3.63, 3.8) is 0 Å². The molecule has 0 fully saturated rings. The number of allylic oxidation sites excluding steroid dienone is 2. The number of Topliss-reactive ketones (excluding diaryl/α,β-unsaturated/α-hetero) is 1. The fourth-order valence-electron chi connectivity index (χ4n) is 1.28. The zero-order valence-corrected chi connectivity index (χ0v) is 7.12. The Hall–Kier alpha value is -1.58. The molecule has 1 heterocycles. The minimum absolute atomic E-state index is 0.0573. The summed E-state index contributed by atoms with van der Waals surface area (Å²) in [6.07, 6.45) is 1.27. The number of carbonyl (C=O) groups excluding carboxylic acids is 2. The van der Waals surface area contributed by atoms with E-state index in [9.17, 15) is 9.59 Å². The summed E-state index contributed by atoms with van der Waals surface area (Å²) in [6, 6.07) is 0. The Morgan fingerprint density at radius 1 is 1.15 bits per heavy atom. The molecular formula is C9H8O4. The van der Waals surface area contributed by atoms with E-state index in [1.165, 1.54) is 6.08 Å². The molecule has 68 valence electrons. The van der Waals surface area contributed by atoms with Crippen molar-refractivity contribution in [2.24, 2.45) is 0 Å². The van der Waals surface area contributed by atoms with Crippen molar-refractivity contribution in [2.45, 2.75) is 6.92 Å². The Kier molecular flexibility index (Phi) is 1.69. The lowest BCUT2D eigenvalue weighted by atomic mass is 10.0. The van der Waals surface area contributed by atoms with Gasteiger partial charge in [0.1, 0.15) is 13.2 Å². The van der Waals surface area contributed by atoms with Gasteiger partial charge in [0, 0.05) is 5.57 Å². The average Bonchev–Trinajstić information content (AvgIpc) is 2.15. The molecule has 4 nitrogen and oxygen atoms in total. The van der Waals surface area contributed by atoms with Crippen LogP contribution in [0.4, 0.5) is 0 Å². The van der Waals surface area contributed by atoms with Crippen LogP contribution in [0.3, 0.4) is 0 Å². The van der Waals surface area contributed by atoms with Gasteiger partial charge < -0.3 is 9.47 Å². The molecule has 0 unspecified atom stereocenters. The first-order chi connectivity index (χ1) is 6.20. The highest BCUT2D eigenvalue weighted by Gasteiger charge is 2.31. The first kappa shape index (κ1) is 8.04. The quantitative estimate of drug-likeness (QED) is 0.504. The van der Waals surface area contributed by atoms with Crippen molar-refractivity contribution in [1.29, 1.82) is 0 Å². The van der Waals surface area contributed by atoms with Gasteiger partial charge in [-0.05, 0) is 13.0 Å². The van der Waals surface area contributed by atoms with Crippen molar-refractivity contribution in [3.05, 3.63) is 23.2 Å². The highest BCUT2D eigenvalue weighted by molar-refractivity contribution is 6.20. The van der Waals surface area contributed by atoms with E-state index in [1.807, 2.05) is 0 Å². The molecule has 0 amide bonds. The Labute approximate surface area is 74.8 Å². The summed E-state index contributed by atoms with van der Waals surface area (Å²) in [4.78, 5) is 22.7. The first-order valence-corrected chi connectivity index (χ1v) is 3.97. The topological polar surface area (TPSA) is 52.6 Å². The van der Waals surface area contributed by atoms with Crippen LogP contribution in [0.2, 0.25) is 0 Å². The fourth-order valence-corrected chi connectivity index (χ4v) is 1.28. The van der Waals surface area contributed by atoms with Crippen LogP contribution in [0.15, 0.2) is 23.2 Å². The molecule has 0 spiro atoms. The molecule has 0 saturated carbocycles. The van der Waals surface area contributed by atoms with Gasteiger partial charge in [-0.25, -0.2) is 0 Å². The normalized spacial score (nSPS) is 21.8. The van der Waals surface area contributed by atoms with E-state index < -0.39 is 0 Å². The van der Waals surface area contributed by atoms with Gasteiger partial charge in [-0.15, -0.1) is 0 Å². The van der Waals surface area contributed by atoms with Crippen LogP contribution in [-0.4, -0.2) is 24.8 Å². The fraction of sp³-hybridized carbons (Fsp3) is 0.333. The third kappa shape index (κ3) is 1.14. The molecule has 0 radical (unpaired) electrons. The van der Waals surface area contributed by atoms with Crippen molar-refractivity contribution in [3.8, 4) is 0 Å². The second kappa shape index (κ2) is 2.73. The van der Waals surface area contributed by atoms with Crippen LogP contribution in [0.25, 0.3) is 0 Å².